The molecule has 13 nitrogen and oxygen atoms in total. The Hall–Kier alpha value is -2.94. The van der Waals surface area contributed by atoms with Crippen LogP contribution >= 0.6 is 0 Å². The molecule has 0 aliphatic carbocycles. The zero-order chi connectivity index (χ0) is 32.3. The van der Waals surface area contributed by atoms with Gasteiger partial charge in [-0.05, 0) is 57.7 Å². The van der Waals surface area contributed by atoms with Gasteiger partial charge in [0.25, 0.3) is 0 Å². The molecule has 2 heterocycles. The van der Waals surface area contributed by atoms with Crippen molar-refractivity contribution < 1.29 is 41.7 Å². The third-order valence-electron chi connectivity index (χ3n) is 7.27. The van der Waals surface area contributed by atoms with Crippen LogP contribution in [0.4, 0.5) is 4.79 Å². The highest BCUT2D eigenvalue weighted by Gasteiger charge is 2.36. The molecule has 0 bridgehead atoms. The van der Waals surface area contributed by atoms with E-state index in [2.05, 4.69) is 14.9 Å². The molecule has 0 saturated carbocycles. The average molecular weight is 641 g/mol. The molecule has 14 heteroatoms. The van der Waals surface area contributed by atoms with Crippen LogP contribution in [0.15, 0.2) is 24.3 Å². The van der Waals surface area contributed by atoms with E-state index in [9.17, 15) is 22.8 Å². The van der Waals surface area contributed by atoms with E-state index in [0.717, 1.165) is 32.6 Å². The molecule has 248 valence electrons. The number of ether oxygens (including phenoxy) is 4. The summed E-state index contributed by atoms with van der Waals surface area (Å²) in [5.41, 5.74) is 0.110. The first-order chi connectivity index (χ1) is 20.8. The fourth-order valence-corrected chi connectivity index (χ4v) is 6.41. The number of methoxy groups -OCH3 is 1. The lowest BCUT2D eigenvalue weighted by atomic mass is 10.1. The molecule has 44 heavy (non-hydrogen) atoms. The predicted molar refractivity (Wildman–Crippen MR) is 164 cm³/mol. The van der Waals surface area contributed by atoms with Gasteiger partial charge in [0.1, 0.15) is 30.0 Å². The van der Waals surface area contributed by atoms with Crippen molar-refractivity contribution in [3.05, 3.63) is 29.8 Å². The largest absolute Gasteiger partial charge is 0.490 e. The highest BCUT2D eigenvalue weighted by atomic mass is 32.2. The second kappa shape index (κ2) is 16.4. The van der Waals surface area contributed by atoms with Crippen molar-refractivity contribution in [3.63, 3.8) is 0 Å². The normalized spacial score (nSPS) is 19.2. The number of carbonyl (C=O) groups excluding carboxylic acids is 3. The van der Waals surface area contributed by atoms with Crippen LogP contribution in [-0.4, -0.2) is 119 Å². The van der Waals surface area contributed by atoms with Crippen LogP contribution in [0.1, 0.15) is 52.5 Å². The highest BCUT2D eigenvalue weighted by molar-refractivity contribution is 7.89. The molecule has 2 saturated heterocycles. The van der Waals surface area contributed by atoms with E-state index >= 15 is 0 Å². The summed E-state index contributed by atoms with van der Waals surface area (Å²) < 4.78 is 49.0. The standard InChI is InChI=1S/C30H48N4O9S/c1-6-7-18-44(38,39)32-25(27(35)40-5)19-22-8-10-23(11-9-22)41-21-24-20-34(29(37)42-24)15-12-26(28(36)43-30(2,3)4)33-16-13-31-14-17-33/h8-11,24-26,31-32H,6-7,12-21H2,1-5H3. The third-order valence-corrected chi connectivity index (χ3v) is 8.74. The molecule has 2 fully saturated rings. The van der Waals surface area contributed by atoms with Gasteiger partial charge in [0.15, 0.2) is 6.10 Å². The van der Waals surface area contributed by atoms with Gasteiger partial charge >= 0.3 is 18.0 Å². The molecule has 2 N–H and O–H groups in total. The average Bonchev–Trinajstić information content (AvgIpc) is 3.33. The zero-order valence-electron chi connectivity index (χ0n) is 26.5. The van der Waals surface area contributed by atoms with Crippen molar-refractivity contribution in [1.82, 2.24) is 19.8 Å². The van der Waals surface area contributed by atoms with Gasteiger partial charge in [-0.25, -0.2) is 17.9 Å². The number of hydrogen-bond donors (Lipinski definition) is 2. The molecule has 0 aromatic heterocycles. The molecule has 3 unspecified atom stereocenters. The Morgan fingerprint density at radius 1 is 1.14 bits per heavy atom. The van der Waals surface area contributed by atoms with Crippen LogP contribution in [0, 0.1) is 0 Å². The molecule has 1 aromatic carbocycles. The zero-order valence-corrected chi connectivity index (χ0v) is 27.3. The minimum Gasteiger partial charge on any atom is -0.490 e. The Labute approximate surface area is 260 Å². The van der Waals surface area contributed by atoms with Gasteiger partial charge < -0.3 is 29.2 Å². The van der Waals surface area contributed by atoms with Crippen LogP contribution in [0.5, 0.6) is 5.75 Å². The third kappa shape index (κ3) is 11.5. The minimum absolute atomic E-state index is 0.0621. The molecule has 2 aliphatic rings. The number of carbonyl (C=O) groups is 3. The first-order valence-corrected chi connectivity index (χ1v) is 16.9. The van der Waals surface area contributed by atoms with Crippen molar-refractivity contribution in [3.8, 4) is 5.75 Å². The van der Waals surface area contributed by atoms with E-state index in [0.29, 0.717) is 37.2 Å². The van der Waals surface area contributed by atoms with Gasteiger partial charge in [-0.2, -0.15) is 0 Å². The predicted octanol–water partition coefficient (Wildman–Crippen LogP) is 1.70. The lowest BCUT2D eigenvalue weighted by molar-refractivity contribution is -0.162. The number of unbranched alkanes of at least 4 members (excludes halogenated alkanes) is 1. The van der Waals surface area contributed by atoms with Gasteiger partial charge in [0, 0.05) is 32.7 Å². The lowest BCUT2D eigenvalue weighted by Crippen LogP contribution is -2.53. The monoisotopic (exact) mass is 640 g/mol. The molecule has 1 aromatic rings. The molecule has 2 aliphatic heterocycles. The maximum Gasteiger partial charge on any atom is 0.410 e. The van der Waals surface area contributed by atoms with Gasteiger partial charge in [0.2, 0.25) is 10.0 Å². The number of nitrogens with zero attached hydrogens (tertiary/aromatic N) is 2. The van der Waals surface area contributed by atoms with Crippen molar-refractivity contribution in [2.24, 2.45) is 0 Å². The minimum atomic E-state index is -3.63. The van der Waals surface area contributed by atoms with Gasteiger partial charge in [0.05, 0.1) is 19.4 Å². The van der Waals surface area contributed by atoms with E-state index < -0.39 is 45.9 Å². The van der Waals surface area contributed by atoms with E-state index in [1.54, 1.807) is 29.2 Å². The Kier molecular flexibility index (Phi) is 13.2. The fourth-order valence-electron chi connectivity index (χ4n) is 5.01. The number of rotatable bonds is 16. The van der Waals surface area contributed by atoms with Crippen molar-refractivity contribution in [2.75, 3.05) is 58.7 Å². The van der Waals surface area contributed by atoms with Gasteiger partial charge in [-0.15, -0.1) is 0 Å². The van der Waals surface area contributed by atoms with Crippen LogP contribution in [0.25, 0.3) is 0 Å². The van der Waals surface area contributed by atoms with E-state index in [4.69, 9.17) is 18.9 Å². The van der Waals surface area contributed by atoms with E-state index in [1.165, 1.54) is 7.11 Å². The molecule has 0 spiro atoms. The summed E-state index contributed by atoms with van der Waals surface area (Å²) in [5, 5.41) is 3.29. The number of cyclic esters (lactones) is 1. The van der Waals surface area contributed by atoms with Crippen LogP contribution < -0.4 is 14.8 Å². The molecular formula is C30H48N4O9S. The molecule has 0 radical (unpaired) electrons. The number of piperazine rings is 1. The number of hydrogen-bond acceptors (Lipinski definition) is 11. The Morgan fingerprint density at radius 3 is 2.43 bits per heavy atom. The summed E-state index contributed by atoms with van der Waals surface area (Å²) in [5.74, 6) is -0.483. The fraction of sp³-hybridized carbons (Fsp3) is 0.700. The Morgan fingerprint density at radius 2 is 1.82 bits per heavy atom. The molecule has 3 rings (SSSR count). The SMILES string of the molecule is CCCCS(=O)(=O)NC(Cc1ccc(OCC2CN(CCC(C(=O)OC(C)(C)C)N3CCNCC3)C(=O)O2)cc1)C(=O)OC. The van der Waals surface area contributed by atoms with Crippen molar-refractivity contribution >= 4 is 28.1 Å². The summed E-state index contributed by atoms with van der Waals surface area (Å²) in [6.45, 7) is 11.3. The summed E-state index contributed by atoms with van der Waals surface area (Å²) in [7, 11) is -2.41. The molecule has 1 amide bonds. The molecule has 3 atom stereocenters. The Bertz CT molecular complexity index is 1200. The van der Waals surface area contributed by atoms with Gasteiger partial charge in [-0.1, -0.05) is 25.5 Å². The quantitative estimate of drug-likeness (QED) is 0.201. The maximum absolute atomic E-state index is 13.0. The van der Waals surface area contributed by atoms with E-state index in [1.807, 2.05) is 27.7 Å². The maximum atomic E-state index is 13.0. The topological polar surface area (TPSA) is 153 Å². The number of sulfonamides is 1. The number of benzene rings is 1. The first kappa shape index (κ1) is 35.5. The van der Waals surface area contributed by atoms with Crippen molar-refractivity contribution in [1.29, 1.82) is 0 Å². The summed E-state index contributed by atoms with van der Waals surface area (Å²) in [6.07, 6.45) is 0.822. The summed E-state index contributed by atoms with van der Waals surface area (Å²) >= 11 is 0. The Balaban J connectivity index is 1.51. The smallest absolute Gasteiger partial charge is 0.410 e. The number of amides is 1. The van der Waals surface area contributed by atoms with E-state index in [-0.39, 0.29) is 24.7 Å². The summed E-state index contributed by atoms with van der Waals surface area (Å²) in [6, 6.07) is 5.41. The highest BCUT2D eigenvalue weighted by Crippen LogP contribution is 2.20. The molecular weight excluding hydrogens is 592 g/mol. The first-order valence-electron chi connectivity index (χ1n) is 15.2. The summed E-state index contributed by atoms with van der Waals surface area (Å²) in [4.78, 5) is 41.5. The van der Waals surface area contributed by atoms with Gasteiger partial charge in [-0.3, -0.25) is 14.5 Å². The number of esters is 2. The second-order valence-corrected chi connectivity index (χ2v) is 14.0. The second-order valence-electron chi connectivity index (χ2n) is 12.1. The van der Waals surface area contributed by atoms with Crippen LogP contribution in [0.2, 0.25) is 0 Å². The lowest BCUT2D eigenvalue weighted by Gasteiger charge is -2.35. The van der Waals surface area contributed by atoms with Crippen molar-refractivity contribution in [2.45, 2.75) is 77.2 Å². The number of nitrogens with one attached hydrogen (secondary N) is 2. The van der Waals surface area contributed by atoms with Crippen LogP contribution in [0.3, 0.4) is 0 Å². The van der Waals surface area contributed by atoms with Crippen LogP contribution in [-0.2, 0) is 40.2 Å².